The standard InChI is InChI=1S/C16H15FN2O3/c1-21-12-7-8-15(22-2)11(9-12)10-18-19-16(20)13-5-3-4-6-14(13)17/h3-10H,1-2H3,(H,19,20). The minimum Gasteiger partial charge on any atom is -0.497 e. The fourth-order valence-electron chi connectivity index (χ4n) is 1.81. The molecule has 0 aromatic heterocycles. The molecule has 0 saturated heterocycles. The molecule has 0 fully saturated rings. The lowest BCUT2D eigenvalue weighted by atomic mass is 10.2. The lowest BCUT2D eigenvalue weighted by Gasteiger charge is -2.06. The lowest BCUT2D eigenvalue weighted by Crippen LogP contribution is -2.19. The maximum Gasteiger partial charge on any atom is 0.274 e. The summed E-state index contributed by atoms with van der Waals surface area (Å²) in [4.78, 5) is 11.8. The van der Waals surface area contributed by atoms with Gasteiger partial charge < -0.3 is 9.47 Å². The van der Waals surface area contributed by atoms with Crippen LogP contribution in [0.1, 0.15) is 15.9 Å². The normalized spacial score (nSPS) is 10.5. The Bertz CT molecular complexity index is 702. The number of hydrogen-bond acceptors (Lipinski definition) is 4. The number of benzene rings is 2. The number of hydrogen-bond donors (Lipinski definition) is 1. The van der Waals surface area contributed by atoms with Crippen molar-refractivity contribution in [2.75, 3.05) is 14.2 Å². The predicted molar refractivity (Wildman–Crippen MR) is 81.0 cm³/mol. The summed E-state index contributed by atoms with van der Waals surface area (Å²) in [6.07, 6.45) is 1.40. The number of nitrogens with zero attached hydrogens (tertiary/aromatic N) is 1. The van der Waals surface area contributed by atoms with Gasteiger partial charge in [0.25, 0.3) is 5.91 Å². The smallest absolute Gasteiger partial charge is 0.274 e. The van der Waals surface area contributed by atoms with Gasteiger partial charge in [0.2, 0.25) is 0 Å². The summed E-state index contributed by atoms with van der Waals surface area (Å²) in [5.41, 5.74) is 2.82. The number of methoxy groups -OCH3 is 2. The summed E-state index contributed by atoms with van der Waals surface area (Å²) >= 11 is 0. The highest BCUT2D eigenvalue weighted by Gasteiger charge is 2.09. The Balaban J connectivity index is 2.12. The van der Waals surface area contributed by atoms with Gasteiger partial charge in [-0.25, -0.2) is 9.82 Å². The Morgan fingerprint density at radius 2 is 1.95 bits per heavy atom. The largest absolute Gasteiger partial charge is 0.497 e. The summed E-state index contributed by atoms with van der Waals surface area (Å²) in [5, 5.41) is 3.82. The highest BCUT2D eigenvalue weighted by atomic mass is 19.1. The highest BCUT2D eigenvalue weighted by Crippen LogP contribution is 2.22. The van der Waals surface area contributed by atoms with E-state index in [-0.39, 0.29) is 5.56 Å². The van der Waals surface area contributed by atoms with E-state index in [9.17, 15) is 9.18 Å². The summed E-state index contributed by atoms with van der Waals surface area (Å²) in [5.74, 6) is -0.0299. The monoisotopic (exact) mass is 302 g/mol. The van der Waals surface area contributed by atoms with Crippen LogP contribution in [0.3, 0.4) is 0 Å². The van der Waals surface area contributed by atoms with Gasteiger partial charge in [-0.05, 0) is 30.3 Å². The second-order valence-electron chi connectivity index (χ2n) is 4.29. The average Bonchev–Trinajstić information content (AvgIpc) is 2.55. The van der Waals surface area contributed by atoms with Crippen molar-refractivity contribution in [3.8, 4) is 11.5 Å². The first kappa shape index (κ1) is 15.5. The summed E-state index contributed by atoms with van der Waals surface area (Å²) in [6, 6.07) is 10.9. The fraction of sp³-hybridized carbons (Fsp3) is 0.125. The zero-order valence-electron chi connectivity index (χ0n) is 12.2. The molecule has 22 heavy (non-hydrogen) atoms. The van der Waals surface area contributed by atoms with Crippen LogP contribution in [0.4, 0.5) is 4.39 Å². The zero-order chi connectivity index (χ0) is 15.9. The van der Waals surface area contributed by atoms with Crippen molar-refractivity contribution < 1.29 is 18.7 Å². The van der Waals surface area contributed by atoms with Gasteiger partial charge in [0.1, 0.15) is 17.3 Å². The van der Waals surface area contributed by atoms with Crippen LogP contribution in [0.15, 0.2) is 47.6 Å². The van der Waals surface area contributed by atoms with Crippen molar-refractivity contribution in [1.82, 2.24) is 5.43 Å². The van der Waals surface area contributed by atoms with Crippen molar-refractivity contribution in [3.63, 3.8) is 0 Å². The molecule has 114 valence electrons. The molecule has 0 bridgehead atoms. The van der Waals surface area contributed by atoms with Crippen molar-refractivity contribution >= 4 is 12.1 Å². The number of carbonyl (C=O) groups is 1. The first-order valence-corrected chi connectivity index (χ1v) is 6.45. The number of halogens is 1. The molecular weight excluding hydrogens is 287 g/mol. The Kier molecular flexibility index (Phi) is 5.08. The molecule has 0 unspecified atom stereocenters. The van der Waals surface area contributed by atoms with E-state index in [0.717, 1.165) is 0 Å². The molecule has 0 spiro atoms. The Morgan fingerprint density at radius 1 is 1.18 bits per heavy atom. The van der Waals surface area contributed by atoms with E-state index in [1.165, 1.54) is 31.5 Å². The second-order valence-corrected chi connectivity index (χ2v) is 4.29. The van der Waals surface area contributed by atoms with E-state index in [1.807, 2.05) is 0 Å². The van der Waals surface area contributed by atoms with Crippen LogP contribution in [0, 0.1) is 5.82 Å². The number of ether oxygens (including phenoxy) is 2. The van der Waals surface area contributed by atoms with E-state index in [2.05, 4.69) is 10.5 Å². The molecule has 0 heterocycles. The molecule has 6 heteroatoms. The molecule has 0 atom stereocenters. The number of carbonyl (C=O) groups excluding carboxylic acids is 1. The van der Waals surface area contributed by atoms with Gasteiger partial charge in [-0.1, -0.05) is 12.1 Å². The third-order valence-corrected chi connectivity index (χ3v) is 2.93. The van der Waals surface area contributed by atoms with E-state index < -0.39 is 11.7 Å². The van der Waals surface area contributed by atoms with Crippen molar-refractivity contribution in [3.05, 3.63) is 59.4 Å². The van der Waals surface area contributed by atoms with E-state index in [1.54, 1.807) is 31.4 Å². The van der Waals surface area contributed by atoms with E-state index in [4.69, 9.17) is 9.47 Å². The van der Waals surface area contributed by atoms with Crippen LogP contribution in [0.25, 0.3) is 0 Å². The maximum absolute atomic E-state index is 13.5. The SMILES string of the molecule is COc1ccc(OC)c(C=NNC(=O)c2ccccc2F)c1. The first-order valence-electron chi connectivity index (χ1n) is 6.45. The lowest BCUT2D eigenvalue weighted by molar-refractivity contribution is 0.0951. The second kappa shape index (κ2) is 7.21. The van der Waals surface area contributed by atoms with Crippen LogP contribution in [-0.2, 0) is 0 Å². The number of amides is 1. The third kappa shape index (κ3) is 3.60. The van der Waals surface area contributed by atoms with Gasteiger partial charge in [-0.2, -0.15) is 5.10 Å². The summed E-state index contributed by atoms with van der Waals surface area (Å²) < 4.78 is 23.8. The van der Waals surface area contributed by atoms with Gasteiger partial charge in [-0.3, -0.25) is 4.79 Å². The Hall–Kier alpha value is -2.89. The Labute approximate surface area is 127 Å². The average molecular weight is 302 g/mol. The molecule has 1 N–H and O–H groups in total. The minimum atomic E-state index is -0.629. The van der Waals surface area contributed by atoms with E-state index >= 15 is 0 Å². The minimum absolute atomic E-state index is 0.0720. The van der Waals surface area contributed by atoms with Gasteiger partial charge in [0, 0.05) is 5.56 Å². The predicted octanol–water partition coefficient (Wildman–Crippen LogP) is 2.61. The molecular formula is C16H15FN2O3. The summed E-state index contributed by atoms with van der Waals surface area (Å²) in [7, 11) is 3.07. The molecule has 0 aliphatic rings. The van der Waals surface area contributed by atoms with Gasteiger partial charge >= 0.3 is 0 Å². The molecule has 1 amide bonds. The fourth-order valence-corrected chi connectivity index (χ4v) is 1.81. The van der Waals surface area contributed by atoms with Crippen LogP contribution < -0.4 is 14.9 Å². The molecule has 0 saturated carbocycles. The third-order valence-electron chi connectivity index (χ3n) is 2.93. The van der Waals surface area contributed by atoms with Crippen LogP contribution in [0.2, 0.25) is 0 Å². The molecule has 0 aliphatic heterocycles. The van der Waals surface area contributed by atoms with Crippen LogP contribution in [0.5, 0.6) is 11.5 Å². The van der Waals surface area contributed by atoms with Gasteiger partial charge in [0.05, 0.1) is 26.0 Å². The molecule has 5 nitrogen and oxygen atoms in total. The number of nitrogens with one attached hydrogen (secondary N) is 1. The highest BCUT2D eigenvalue weighted by molar-refractivity contribution is 5.95. The number of rotatable bonds is 5. The summed E-state index contributed by atoms with van der Waals surface area (Å²) in [6.45, 7) is 0. The van der Waals surface area contributed by atoms with Gasteiger partial charge in [0.15, 0.2) is 0 Å². The zero-order valence-corrected chi connectivity index (χ0v) is 12.2. The molecule has 2 rings (SSSR count). The number of hydrazone groups is 1. The quantitative estimate of drug-likeness (QED) is 0.682. The van der Waals surface area contributed by atoms with Crippen LogP contribution in [-0.4, -0.2) is 26.3 Å². The molecule has 0 radical (unpaired) electrons. The van der Waals surface area contributed by atoms with Crippen molar-refractivity contribution in [2.45, 2.75) is 0 Å². The van der Waals surface area contributed by atoms with Crippen molar-refractivity contribution in [1.29, 1.82) is 0 Å². The van der Waals surface area contributed by atoms with E-state index in [0.29, 0.717) is 17.1 Å². The van der Waals surface area contributed by atoms with Gasteiger partial charge in [-0.15, -0.1) is 0 Å². The van der Waals surface area contributed by atoms with Crippen molar-refractivity contribution in [2.24, 2.45) is 5.10 Å². The molecule has 2 aromatic rings. The molecule has 2 aromatic carbocycles. The topological polar surface area (TPSA) is 59.9 Å². The maximum atomic E-state index is 13.5. The first-order chi connectivity index (χ1) is 10.7. The molecule has 0 aliphatic carbocycles. The van der Waals surface area contributed by atoms with Crippen LogP contribution >= 0.6 is 0 Å². The Morgan fingerprint density at radius 3 is 2.64 bits per heavy atom.